The highest BCUT2D eigenvalue weighted by atomic mass is 16.1. The predicted octanol–water partition coefficient (Wildman–Crippen LogP) is 2.14. The molecule has 0 aliphatic rings. The summed E-state index contributed by atoms with van der Waals surface area (Å²) in [4.78, 5) is 35.5. The molecule has 3 heterocycles. The normalized spacial score (nSPS) is 11.0. The molecule has 3 aromatic heterocycles. The molecule has 124 valence electrons. The van der Waals surface area contributed by atoms with Crippen molar-refractivity contribution in [2.45, 2.75) is 12.8 Å². The molecule has 0 bridgehead atoms. The number of hydrogen-bond donors (Lipinski definition) is 2. The number of carbonyl (C=O) groups is 1. The number of hydrogen-bond acceptors (Lipinski definition) is 4. The lowest BCUT2D eigenvalue weighted by Crippen LogP contribution is -2.19. The van der Waals surface area contributed by atoms with Crippen LogP contribution in [0.5, 0.6) is 0 Å². The number of carbonyl (C=O) groups excluding carboxylic acids is 1. The number of aromatic nitrogens is 4. The average Bonchev–Trinajstić information content (AvgIpc) is 3.07. The van der Waals surface area contributed by atoms with E-state index in [4.69, 9.17) is 0 Å². The van der Waals surface area contributed by atoms with Gasteiger partial charge in [0.05, 0.1) is 16.7 Å². The van der Waals surface area contributed by atoms with Gasteiger partial charge in [0.1, 0.15) is 11.3 Å². The van der Waals surface area contributed by atoms with Crippen LogP contribution in [0, 0.1) is 0 Å². The minimum absolute atomic E-state index is 0.172. The number of nitrogens with zero attached hydrogens (tertiary/aromatic N) is 3. The molecule has 1 amide bonds. The zero-order chi connectivity index (χ0) is 17.2. The molecule has 2 N–H and O–H groups in total. The highest BCUT2D eigenvalue weighted by Crippen LogP contribution is 2.11. The Bertz CT molecular complexity index is 1130. The first-order chi connectivity index (χ1) is 12.2. The summed E-state index contributed by atoms with van der Waals surface area (Å²) in [5.74, 6) is -0.172. The molecule has 0 atom stereocenters. The van der Waals surface area contributed by atoms with E-state index >= 15 is 0 Å². The second-order valence-electron chi connectivity index (χ2n) is 5.69. The summed E-state index contributed by atoms with van der Waals surface area (Å²) >= 11 is 0. The maximum atomic E-state index is 12.2. The van der Waals surface area contributed by atoms with Gasteiger partial charge in [0, 0.05) is 31.4 Å². The van der Waals surface area contributed by atoms with E-state index in [-0.39, 0.29) is 24.3 Å². The van der Waals surface area contributed by atoms with Crippen molar-refractivity contribution >= 4 is 28.3 Å². The zero-order valence-electron chi connectivity index (χ0n) is 13.3. The molecule has 1 aromatic carbocycles. The lowest BCUT2D eigenvalue weighted by Gasteiger charge is -2.06. The Morgan fingerprint density at radius 3 is 3.00 bits per heavy atom. The van der Waals surface area contributed by atoms with Crippen LogP contribution in [-0.2, 0) is 11.2 Å². The van der Waals surface area contributed by atoms with Gasteiger partial charge in [-0.1, -0.05) is 12.1 Å². The first kappa shape index (κ1) is 15.1. The van der Waals surface area contributed by atoms with E-state index in [1.54, 1.807) is 24.5 Å². The maximum Gasteiger partial charge on any atom is 0.270 e. The van der Waals surface area contributed by atoms with Crippen LogP contribution in [0.15, 0.2) is 59.8 Å². The third-order valence-electron chi connectivity index (χ3n) is 3.93. The Kier molecular flexibility index (Phi) is 3.74. The van der Waals surface area contributed by atoms with Gasteiger partial charge < -0.3 is 14.7 Å². The number of imidazole rings is 1. The molecular weight excluding hydrogens is 318 g/mol. The molecule has 0 saturated carbocycles. The van der Waals surface area contributed by atoms with Gasteiger partial charge in [0.2, 0.25) is 5.91 Å². The van der Waals surface area contributed by atoms with Crippen molar-refractivity contribution in [3.63, 3.8) is 0 Å². The highest BCUT2D eigenvalue weighted by molar-refractivity contribution is 5.90. The Morgan fingerprint density at radius 2 is 2.08 bits per heavy atom. The van der Waals surface area contributed by atoms with Gasteiger partial charge in [0.25, 0.3) is 5.56 Å². The van der Waals surface area contributed by atoms with Crippen molar-refractivity contribution in [1.29, 1.82) is 0 Å². The second kappa shape index (κ2) is 6.20. The third kappa shape index (κ3) is 3.12. The summed E-state index contributed by atoms with van der Waals surface area (Å²) in [6.45, 7) is 0. The minimum Gasteiger partial charge on any atom is -0.325 e. The maximum absolute atomic E-state index is 12.2. The standard InChI is InChI=1S/C18H15N5O2/c24-17(20-12-5-7-16-19-9-10-23(16)11-12)8-6-15-18(25)22-14-4-2-1-3-13(14)21-15/h1-5,7,9-11H,6,8H2,(H,20,24)(H,22,25). The zero-order valence-corrected chi connectivity index (χ0v) is 13.3. The van der Waals surface area contributed by atoms with E-state index in [2.05, 4.69) is 20.3 Å². The van der Waals surface area contributed by atoms with E-state index in [0.717, 1.165) is 5.65 Å². The average molecular weight is 333 g/mol. The fourth-order valence-corrected chi connectivity index (χ4v) is 2.69. The van der Waals surface area contributed by atoms with Gasteiger partial charge in [-0.2, -0.15) is 0 Å². The van der Waals surface area contributed by atoms with Crippen LogP contribution >= 0.6 is 0 Å². The fraction of sp³-hybridized carbons (Fsp3) is 0.111. The minimum atomic E-state index is -0.258. The molecular formula is C18H15N5O2. The summed E-state index contributed by atoms with van der Waals surface area (Å²) in [6, 6.07) is 10.9. The molecule has 0 fully saturated rings. The molecule has 0 aliphatic carbocycles. The van der Waals surface area contributed by atoms with Crippen molar-refractivity contribution in [2.75, 3.05) is 5.32 Å². The van der Waals surface area contributed by atoms with Crippen LogP contribution in [-0.4, -0.2) is 25.3 Å². The molecule has 4 rings (SSSR count). The van der Waals surface area contributed by atoms with Gasteiger partial charge >= 0.3 is 0 Å². The molecule has 7 nitrogen and oxygen atoms in total. The van der Waals surface area contributed by atoms with Crippen molar-refractivity contribution in [3.8, 4) is 0 Å². The van der Waals surface area contributed by atoms with Crippen LogP contribution in [0.2, 0.25) is 0 Å². The summed E-state index contributed by atoms with van der Waals surface area (Å²) in [7, 11) is 0. The molecule has 0 saturated heterocycles. The number of anilines is 1. The first-order valence-corrected chi connectivity index (χ1v) is 7.89. The molecule has 0 aliphatic heterocycles. The van der Waals surface area contributed by atoms with Crippen LogP contribution < -0.4 is 10.9 Å². The number of aryl methyl sites for hydroxylation is 1. The smallest absolute Gasteiger partial charge is 0.270 e. The van der Waals surface area contributed by atoms with E-state index in [1.165, 1.54) is 0 Å². The van der Waals surface area contributed by atoms with Gasteiger partial charge in [-0.05, 0) is 24.3 Å². The van der Waals surface area contributed by atoms with Crippen molar-refractivity contribution in [2.24, 2.45) is 0 Å². The molecule has 25 heavy (non-hydrogen) atoms. The SMILES string of the molecule is O=C(CCc1nc2ccccc2[nH]c1=O)Nc1ccc2nccn2c1. The summed E-state index contributed by atoms with van der Waals surface area (Å²) in [6.07, 6.45) is 5.75. The van der Waals surface area contributed by atoms with Gasteiger partial charge in [-0.3, -0.25) is 9.59 Å². The van der Waals surface area contributed by atoms with E-state index < -0.39 is 0 Å². The van der Waals surface area contributed by atoms with Crippen LogP contribution in [0.4, 0.5) is 5.69 Å². The third-order valence-corrected chi connectivity index (χ3v) is 3.93. The van der Waals surface area contributed by atoms with Crippen molar-refractivity contribution in [1.82, 2.24) is 19.4 Å². The van der Waals surface area contributed by atoms with E-state index in [9.17, 15) is 9.59 Å². The summed E-state index contributed by atoms with van der Waals surface area (Å²) in [5.41, 5.74) is 2.99. The van der Waals surface area contributed by atoms with E-state index in [0.29, 0.717) is 22.4 Å². The largest absolute Gasteiger partial charge is 0.325 e. The number of rotatable bonds is 4. The Balaban J connectivity index is 1.46. The highest BCUT2D eigenvalue weighted by Gasteiger charge is 2.09. The lowest BCUT2D eigenvalue weighted by atomic mass is 10.2. The number of nitrogens with one attached hydrogen (secondary N) is 2. The number of para-hydroxylation sites is 2. The molecule has 7 heteroatoms. The Morgan fingerprint density at radius 1 is 1.20 bits per heavy atom. The van der Waals surface area contributed by atoms with Crippen molar-refractivity contribution in [3.05, 3.63) is 71.0 Å². The quantitative estimate of drug-likeness (QED) is 0.598. The summed E-state index contributed by atoms with van der Waals surface area (Å²) < 4.78 is 1.82. The van der Waals surface area contributed by atoms with Crippen molar-refractivity contribution < 1.29 is 4.79 Å². The number of pyridine rings is 1. The Hall–Kier alpha value is -3.48. The molecule has 4 aromatic rings. The predicted molar refractivity (Wildman–Crippen MR) is 94.5 cm³/mol. The van der Waals surface area contributed by atoms with E-state index in [1.807, 2.05) is 34.9 Å². The number of H-pyrrole nitrogens is 1. The number of fused-ring (bicyclic) bond motifs is 2. The Labute approximate surface area is 142 Å². The fourth-order valence-electron chi connectivity index (χ4n) is 2.69. The summed E-state index contributed by atoms with van der Waals surface area (Å²) in [5, 5.41) is 2.82. The lowest BCUT2D eigenvalue weighted by molar-refractivity contribution is -0.116. The number of benzene rings is 1. The molecule has 0 unspecified atom stereocenters. The monoisotopic (exact) mass is 333 g/mol. The van der Waals surface area contributed by atoms with Crippen LogP contribution in [0.3, 0.4) is 0 Å². The first-order valence-electron chi connectivity index (χ1n) is 7.89. The van der Waals surface area contributed by atoms with Crippen LogP contribution in [0.25, 0.3) is 16.7 Å². The number of aromatic amines is 1. The second-order valence-corrected chi connectivity index (χ2v) is 5.69. The number of amides is 1. The molecule has 0 radical (unpaired) electrons. The molecule has 0 spiro atoms. The van der Waals surface area contributed by atoms with Crippen LogP contribution in [0.1, 0.15) is 12.1 Å². The van der Waals surface area contributed by atoms with Gasteiger partial charge in [0.15, 0.2) is 0 Å². The van der Waals surface area contributed by atoms with Gasteiger partial charge in [-0.15, -0.1) is 0 Å². The topological polar surface area (TPSA) is 92.1 Å². The van der Waals surface area contributed by atoms with Gasteiger partial charge in [-0.25, -0.2) is 9.97 Å².